The van der Waals surface area contributed by atoms with Gasteiger partial charge in [-0.3, -0.25) is 4.79 Å². The zero-order chi connectivity index (χ0) is 13.1. The van der Waals surface area contributed by atoms with Gasteiger partial charge in [0.2, 0.25) is 5.95 Å². The standard InChI is InChI=1S/C13H20N4O/c1-4-17(5-2)12(18)11-8-9(3)14-13(16-11)15-10-6-7-10/h8,10H,4-7H2,1-3H3,(H,14,15,16). The molecule has 0 radical (unpaired) electrons. The van der Waals surface area contributed by atoms with Crippen LogP contribution in [-0.4, -0.2) is 39.9 Å². The maximum atomic E-state index is 12.2. The molecule has 18 heavy (non-hydrogen) atoms. The number of aryl methyl sites for hydroxylation is 1. The summed E-state index contributed by atoms with van der Waals surface area (Å²) < 4.78 is 0. The van der Waals surface area contributed by atoms with Crippen molar-refractivity contribution in [3.8, 4) is 0 Å². The summed E-state index contributed by atoms with van der Waals surface area (Å²) in [5.41, 5.74) is 1.30. The Kier molecular flexibility index (Phi) is 3.79. The molecule has 1 fully saturated rings. The summed E-state index contributed by atoms with van der Waals surface area (Å²) in [7, 11) is 0. The van der Waals surface area contributed by atoms with E-state index in [1.165, 1.54) is 0 Å². The summed E-state index contributed by atoms with van der Waals surface area (Å²) >= 11 is 0. The average Bonchev–Trinajstić information content (AvgIpc) is 3.13. The molecule has 0 atom stereocenters. The van der Waals surface area contributed by atoms with Crippen molar-refractivity contribution in [2.45, 2.75) is 39.7 Å². The summed E-state index contributed by atoms with van der Waals surface area (Å²) in [5, 5.41) is 3.23. The van der Waals surface area contributed by atoms with Gasteiger partial charge < -0.3 is 10.2 Å². The predicted octanol–water partition coefficient (Wildman–Crippen LogP) is 1.84. The second-order valence-electron chi connectivity index (χ2n) is 4.61. The van der Waals surface area contributed by atoms with Gasteiger partial charge in [-0.25, -0.2) is 9.97 Å². The van der Waals surface area contributed by atoms with Crippen molar-refractivity contribution in [3.63, 3.8) is 0 Å². The molecular weight excluding hydrogens is 228 g/mol. The highest BCUT2D eigenvalue weighted by Gasteiger charge is 2.23. The van der Waals surface area contributed by atoms with E-state index >= 15 is 0 Å². The quantitative estimate of drug-likeness (QED) is 0.864. The second-order valence-corrected chi connectivity index (χ2v) is 4.61. The molecule has 2 rings (SSSR count). The Balaban J connectivity index is 2.20. The number of hydrogen-bond acceptors (Lipinski definition) is 4. The van der Waals surface area contributed by atoms with Gasteiger partial charge in [0, 0.05) is 24.8 Å². The molecule has 0 bridgehead atoms. The third-order valence-electron chi connectivity index (χ3n) is 3.03. The van der Waals surface area contributed by atoms with Gasteiger partial charge in [0.05, 0.1) is 0 Å². The maximum Gasteiger partial charge on any atom is 0.272 e. The molecule has 1 saturated carbocycles. The van der Waals surface area contributed by atoms with Gasteiger partial charge in [-0.15, -0.1) is 0 Å². The smallest absolute Gasteiger partial charge is 0.272 e. The first-order valence-electron chi connectivity index (χ1n) is 6.55. The fourth-order valence-electron chi connectivity index (χ4n) is 1.83. The van der Waals surface area contributed by atoms with Crippen LogP contribution in [0.5, 0.6) is 0 Å². The van der Waals surface area contributed by atoms with E-state index in [0.29, 0.717) is 30.8 Å². The van der Waals surface area contributed by atoms with Crippen LogP contribution in [-0.2, 0) is 0 Å². The summed E-state index contributed by atoms with van der Waals surface area (Å²) in [6.45, 7) is 7.23. The molecule has 5 heteroatoms. The van der Waals surface area contributed by atoms with Gasteiger partial charge in [-0.1, -0.05) is 0 Å². The minimum Gasteiger partial charge on any atom is -0.351 e. The highest BCUT2D eigenvalue weighted by Crippen LogP contribution is 2.23. The van der Waals surface area contributed by atoms with Gasteiger partial charge in [-0.2, -0.15) is 0 Å². The molecule has 0 unspecified atom stereocenters. The van der Waals surface area contributed by atoms with Crippen LogP contribution >= 0.6 is 0 Å². The lowest BCUT2D eigenvalue weighted by Gasteiger charge is -2.18. The minimum absolute atomic E-state index is 0.0238. The molecule has 1 aromatic heterocycles. The highest BCUT2D eigenvalue weighted by molar-refractivity contribution is 5.92. The topological polar surface area (TPSA) is 58.1 Å². The number of aromatic nitrogens is 2. The van der Waals surface area contributed by atoms with Crippen LogP contribution in [0.15, 0.2) is 6.07 Å². The zero-order valence-electron chi connectivity index (χ0n) is 11.2. The molecule has 1 aliphatic rings. The zero-order valence-corrected chi connectivity index (χ0v) is 11.2. The van der Waals surface area contributed by atoms with E-state index in [0.717, 1.165) is 18.5 Å². The van der Waals surface area contributed by atoms with Crippen LogP contribution in [0.1, 0.15) is 42.9 Å². The number of nitrogens with zero attached hydrogens (tertiary/aromatic N) is 3. The molecule has 98 valence electrons. The van der Waals surface area contributed by atoms with Crippen LogP contribution in [0.25, 0.3) is 0 Å². The number of rotatable bonds is 5. The van der Waals surface area contributed by atoms with Crippen molar-refractivity contribution in [3.05, 3.63) is 17.5 Å². The lowest BCUT2D eigenvalue weighted by molar-refractivity contribution is 0.0767. The number of carbonyl (C=O) groups excluding carboxylic acids is 1. The Morgan fingerprint density at radius 1 is 1.39 bits per heavy atom. The molecule has 1 heterocycles. The Morgan fingerprint density at radius 3 is 2.61 bits per heavy atom. The Bertz CT molecular complexity index is 439. The molecule has 0 saturated heterocycles. The van der Waals surface area contributed by atoms with E-state index < -0.39 is 0 Å². The molecule has 1 N–H and O–H groups in total. The second kappa shape index (κ2) is 5.33. The van der Waals surface area contributed by atoms with E-state index in [-0.39, 0.29) is 5.91 Å². The first-order valence-corrected chi connectivity index (χ1v) is 6.55. The first kappa shape index (κ1) is 12.8. The first-order chi connectivity index (χ1) is 8.63. The van der Waals surface area contributed by atoms with Crippen molar-refractivity contribution < 1.29 is 4.79 Å². The van der Waals surface area contributed by atoms with Gasteiger partial charge in [-0.05, 0) is 39.7 Å². The van der Waals surface area contributed by atoms with Gasteiger partial charge >= 0.3 is 0 Å². The van der Waals surface area contributed by atoms with Crippen molar-refractivity contribution in [2.24, 2.45) is 0 Å². The summed E-state index contributed by atoms with van der Waals surface area (Å²) in [4.78, 5) is 22.6. The Morgan fingerprint density at radius 2 is 2.06 bits per heavy atom. The minimum atomic E-state index is -0.0238. The fourth-order valence-corrected chi connectivity index (χ4v) is 1.83. The summed E-state index contributed by atoms with van der Waals surface area (Å²) in [5.74, 6) is 0.553. The third kappa shape index (κ3) is 2.97. The predicted molar refractivity (Wildman–Crippen MR) is 70.7 cm³/mol. The number of nitrogens with one attached hydrogen (secondary N) is 1. The van der Waals surface area contributed by atoms with E-state index in [2.05, 4.69) is 15.3 Å². The van der Waals surface area contributed by atoms with Crippen molar-refractivity contribution in [2.75, 3.05) is 18.4 Å². The van der Waals surface area contributed by atoms with Crippen molar-refractivity contribution in [1.29, 1.82) is 0 Å². The monoisotopic (exact) mass is 248 g/mol. The van der Waals surface area contributed by atoms with E-state index in [9.17, 15) is 4.79 Å². The molecule has 1 amide bonds. The highest BCUT2D eigenvalue weighted by atomic mass is 16.2. The van der Waals surface area contributed by atoms with E-state index in [1.807, 2.05) is 20.8 Å². The van der Waals surface area contributed by atoms with Crippen LogP contribution in [0.3, 0.4) is 0 Å². The number of amides is 1. The molecule has 1 aromatic rings. The molecule has 0 aromatic carbocycles. The van der Waals surface area contributed by atoms with Gasteiger partial charge in [0.25, 0.3) is 5.91 Å². The number of hydrogen-bond donors (Lipinski definition) is 1. The lowest BCUT2D eigenvalue weighted by Crippen LogP contribution is -2.31. The van der Waals surface area contributed by atoms with Crippen LogP contribution in [0.4, 0.5) is 5.95 Å². The SMILES string of the molecule is CCN(CC)C(=O)c1cc(C)nc(NC2CC2)n1. The van der Waals surface area contributed by atoms with E-state index in [1.54, 1.807) is 11.0 Å². The fraction of sp³-hybridized carbons (Fsp3) is 0.615. The normalized spacial score (nSPS) is 14.4. The van der Waals surface area contributed by atoms with Gasteiger partial charge in [0.15, 0.2) is 0 Å². The molecular formula is C13H20N4O. The largest absolute Gasteiger partial charge is 0.351 e. The van der Waals surface area contributed by atoms with Crippen LogP contribution in [0, 0.1) is 6.92 Å². The Labute approximate surface area is 108 Å². The summed E-state index contributed by atoms with van der Waals surface area (Å²) in [6.07, 6.45) is 2.33. The summed E-state index contributed by atoms with van der Waals surface area (Å²) in [6, 6.07) is 2.24. The van der Waals surface area contributed by atoms with Crippen molar-refractivity contribution in [1.82, 2.24) is 14.9 Å². The van der Waals surface area contributed by atoms with Crippen LogP contribution < -0.4 is 5.32 Å². The van der Waals surface area contributed by atoms with Gasteiger partial charge in [0.1, 0.15) is 5.69 Å². The number of carbonyl (C=O) groups is 1. The molecule has 5 nitrogen and oxygen atoms in total. The molecule has 1 aliphatic carbocycles. The van der Waals surface area contributed by atoms with Crippen LogP contribution in [0.2, 0.25) is 0 Å². The number of anilines is 1. The molecule has 0 spiro atoms. The van der Waals surface area contributed by atoms with Crippen molar-refractivity contribution >= 4 is 11.9 Å². The Hall–Kier alpha value is -1.65. The maximum absolute atomic E-state index is 12.2. The van der Waals surface area contributed by atoms with E-state index in [4.69, 9.17) is 0 Å². The average molecular weight is 248 g/mol. The molecule has 0 aliphatic heterocycles. The third-order valence-corrected chi connectivity index (χ3v) is 3.03. The lowest BCUT2D eigenvalue weighted by atomic mass is 10.3.